The third-order valence-corrected chi connectivity index (χ3v) is 6.06. The molecule has 1 heterocycles. The number of imide groups is 1. The molecule has 4 heteroatoms. The summed E-state index contributed by atoms with van der Waals surface area (Å²) in [5, 5.41) is 3.28. The van der Waals surface area contributed by atoms with Crippen molar-refractivity contribution in [2.45, 2.75) is 34.1 Å². The van der Waals surface area contributed by atoms with Gasteiger partial charge in [-0.1, -0.05) is 60.2 Å². The van der Waals surface area contributed by atoms with Gasteiger partial charge in [0.1, 0.15) is 5.70 Å². The predicted molar refractivity (Wildman–Crippen MR) is 129 cm³/mol. The average molecular weight is 425 g/mol. The zero-order valence-electron chi connectivity index (χ0n) is 19.0. The van der Waals surface area contributed by atoms with Gasteiger partial charge in [0.2, 0.25) is 0 Å². The molecule has 32 heavy (non-hydrogen) atoms. The van der Waals surface area contributed by atoms with E-state index in [1.165, 1.54) is 10.5 Å². The summed E-state index contributed by atoms with van der Waals surface area (Å²) in [6.07, 6.45) is 0.620. The smallest absolute Gasteiger partial charge is 0.278 e. The average Bonchev–Trinajstić information content (AvgIpc) is 2.99. The lowest BCUT2D eigenvalue weighted by Crippen LogP contribution is -2.34. The first kappa shape index (κ1) is 21.6. The van der Waals surface area contributed by atoms with Crippen molar-refractivity contribution in [1.82, 2.24) is 4.90 Å². The summed E-state index contributed by atoms with van der Waals surface area (Å²) in [7, 11) is 0. The number of anilines is 1. The quantitative estimate of drug-likeness (QED) is 0.542. The number of benzene rings is 3. The maximum absolute atomic E-state index is 13.5. The van der Waals surface area contributed by atoms with Crippen LogP contribution in [-0.2, 0) is 16.0 Å². The largest absolute Gasteiger partial charge is 0.350 e. The van der Waals surface area contributed by atoms with Gasteiger partial charge < -0.3 is 5.32 Å². The van der Waals surface area contributed by atoms with E-state index in [1.807, 2.05) is 87.5 Å². The molecule has 0 atom stereocenters. The number of hydrogen-bond donors (Lipinski definition) is 1. The Morgan fingerprint density at radius 3 is 2.19 bits per heavy atom. The molecule has 0 saturated heterocycles. The van der Waals surface area contributed by atoms with Crippen molar-refractivity contribution < 1.29 is 9.59 Å². The molecule has 4 nitrogen and oxygen atoms in total. The Balaban J connectivity index is 1.72. The molecule has 1 N–H and O–H groups in total. The lowest BCUT2D eigenvalue weighted by molar-refractivity contribution is -0.136. The van der Waals surface area contributed by atoms with E-state index in [2.05, 4.69) is 12.2 Å². The Morgan fingerprint density at radius 2 is 1.50 bits per heavy atom. The number of carbonyl (C=O) groups is 2. The number of amides is 2. The molecule has 1 aliphatic heterocycles. The Morgan fingerprint density at radius 1 is 0.750 bits per heavy atom. The number of carbonyl (C=O) groups excluding carboxylic acids is 2. The third-order valence-electron chi connectivity index (χ3n) is 6.06. The summed E-state index contributed by atoms with van der Waals surface area (Å²) in [6, 6.07) is 21.8. The van der Waals surface area contributed by atoms with E-state index in [9.17, 15) is 9.59 Å². The Labute approximate surface area is 189 Å². The topological polar surface area (TPSA) is 49.4 Å². The normalized spacial score (nSPS) is 13.8. The maximum atomic E-state index is 13.5. The van der Waals surface area contributed by atoms with Crippen LogP contribution in [0.15, 0.2) is 72.4 Å². The Hall–Kier alpha value is -3.66. The second-order valence-corrected chi connectivity index (χ2v) is 8.49. The van der Waals surface area contributed by atoms with Crippen LogP contribution in [0.4, 0.5) is 5.69 Å². The van der Waals surface area contributed by atoms with E-state index in [0.29, 0.717) is 24.2 Å². The molecular formula is C28H28N2O2. The molecule has 3 aromatic rings. The summed E-state index contributed by atoms with van der Waals surface area (Å²) in [5.74, 6) is -0.525. The van der Waals surface area contributed by atoms with Crippen LogP contribution < -0.4 is 5.32 Å². The number of aryl methyl sites for hydroxylation is 4. The molecule has 0 radical (unpaired) electrons. The molecule has 3 aromatic carbocycles. The standard InChI is InChI=1S/C28H28N2O2/c1-18-10-13-24(21(4)16-18)25-26(29-23-12-11-19(2)20(3)17-23)28(32)30(27(25)31)15-14-22-8-6-5-7-9-22/h5-13,16-17,29H,14-15H2,1-4H3. The molecule has 0 spiro atoms. The molecule has 162 valence electrons. The second-order valence-electron chi connectivity index (χ2n) is 8.49. The van der Waals surface area contributed by atoms with E-state index in [-0.39, 0.29) is 11.8 Å². The second kappa shape index (κ2) is 8.83. The van der Waals surface area contributed by atoms with Gasteiger partial charge in [-0.3, -0.25) is 14.5 Å². The molecule has 0 saturated carbocycles. The molecule has 0 aromatic heterocycles. The van der Waals surface area contributed by atoms with Gasteiger partial charge in [0.25, 0.3) is 11.8 Å². The zero-order chi connectivity index (χ0) is 22.8. The van der Waals surface area contributed by atoms with E-state index in [4.69, 9.17) is 0 Å². The highest BCUT2D eigenvalue weighted by Gasteiger charge is 2.39. The van der Waals surface area contributed by atoms with Crippen molar-refractivity contribution in [2.75, 3.05) is 11.9 Å². The lowest BCUT2D eigenvalue weighted by Gasteiger charge is -2.15. The molecule has 0 bridgehead atoms. The van der Waals surface area contributed by atoms with E-state index in [1.54, 1.807) is 0 Å². The van der Waals surface area contributed by atoms with Gasteiger partial charge in [-0.15, -0.1) is 0 Å². The van der Waals surface area contributed by atoms with Crippen molar-refractivity contribution in [3.8, 4) is 0 Å². The van der Waals surface area contributed by atoms with Crippen LogP contribution in [0.5, 0.6) is 0 Å². The summed E-state index contributed by atoms with van der Waals surface area (Å²) in [6.45, 7) is 8.43. The summed E-state index contributed by atoms with van der Waals surface area (Å²) in [4.78, 5) is 28.3. The molecule has 0 unspecified atom stereocenters. The summed E-state index contributed by atoms with van der Waals surface area (Å²) >= 11 is 0. The SMILES string of the molecule is Cc1ccc(C2=C(Nc3ccc(C)c(C)c3)C(=O)N(CCc3ccccc3)C2=O)c(C)c1. The monoisotopic (exact) mass is 424 g/mol. The third kappa shape index (κ3) is 4.22. The minimum absolute atomic E-state index is 0.246. The Bertz CT molecular complexity index is 1230. The van der Waals surface area contributed by atoms with Crippen molar-refractivity contribution in [3.63, 3.8) is 0 Å². The molecule has 2 amide bonds. The number of nitrogens with one attached hydrogen (secondary N) is 1. The van der Waals surface area contributed by atoms with Crippen molar-refractivity contribution in [1.29, 1.82) is 0 Å². The fourth-order valence-electron chi connectivity index (χ4n) is 4.09. The first-order valence-electron chi connectivity index (χ1n) is 10.9. The van der Waals surface area contributed by atoms with Gasteiger partial charge >= 0.3 is 0 Å². The van der Waals surface area contributed by atoms with Crippen LogP contribution in [0.25, 0.3) is 5.57 Å². The highest BCUT2D eigenvalue weighted by Crippen LogP contribution is 2.33. The van der Waals surface area contributed by atoms with Crippen molar-refractivity contribution >= 4 is 23.1 Å². The van der Waals surface area contributed by atoms with Gasteiger partial charge in [-0.2, -0.15) is 0 Å². The minimum atomic E-state index is -0.279. The van der Waals surface area contributed by atoms with Crippen LogP contribution in [-0.4, -0.2) is 23.3 Å². The van der Waals surface area contributed by atoms with Crippen molar-refractivity contribution in [3.05, 3.63) is 106 Å². The fourth-order valence-corrected chi connectivity index (χ4v) is 4.09. The first-order valence-corrected chi connectivity index (χ1v) is 10.9. The van der Waals surface area contributed by atoms with Gasteiger partial charge in [0, 0.05) is 12.2 Å². The molecule has 0 fully saturated rings. The Kier molecular flexibility index (Phi) is 5.95. The zero-order valence-corrected chi connectivity index (χ0v) is 19.0. The van der Waals surface area contributed by atoms with E-state index in [0.717, 1.165) is 33.5 Å². The van der Waals surface area contributed by atoms with Crippen LogP contribution in [0.3, 0.4) is 0 Å². The predicted octanol–water partition coefficient (Wildman–Crippen LogP) is 5.35. The fraction of sp³-hybridized carbons (Fsp3) is 0.214. The molecule has 4 rings (SSSR count). The minimum Gasteiger partial charge on any atom is -0.350 e. The highest BCUT2D eigenvalue weighted by atomic mass is 16.2. The van der Waals surface area contributed by atoms with Gasteiger partial charge in [-0.25, -0.2) is 0 Å². The molecule has 1 aliphatic rings. The first-order chi connectivity index (χ1) is 15.3. The van der Waals surface area contributed by atoms with Crippen LogP contribution >= 0.6 is 0 Å². The number of rotatable bonds is 6. The van der Waals surface area contributed by atoms with Gasteiger partial charge in [0.15, 0.2) is 0 Å². The lowest BCUT2D eigenvalue weighted by atomic mass is 9.97. The number of hydrogen-bond acceptors (Lipinski definition) is 3. The molecule has 0 aliphatic carbocycles. The summed E-state index contributed by atoms with van der Waals surface area (Å²) < 4.78 is 0. The van der Waals surface area contributed by atoms with Crippen LogP contribution in [0.2, 0.25) is 0 Å². The number of nitrogens with zero attached hydrogens (tertiary/aromatic N) is 1. The van der Waals surface area contributed by atoms with Crippen LogP contribution in [0.1, 0.15) is 33.4 Å². The van der Waals surface area contributed by atoms with E-state index >= 15 is 0 Å². The maximum Gasteiger partial charge on any atom is 0.278 e. The van der Waals surface area contributed by atoms with E-state index < -0.39 is 0 Å². The van der Waals surface area contributed by atoms with Gasteiger partial charge in [-0.05, 0) is 74.1 Å². The molecular weight excluding hydrogens is 396 g/mol. The van der Waals surface area contributed by atoms with Crippen LogP contribution in [0, 0.1) is 27.7 Å². The summed E-state index contributed by atoms with van der Waals surface area (Å²) in [5.41, 5.74) is 7.88. The van der Waals surface area contributed by atoms with Crippen molar-refractivity contribution in [2.24, 2.45) is 0 Å². The highest BCUT2D eigenvalue weighted by molar-refractivity contribution is 6.36. The van der Waals surface area contributed by atoms with Gasteiger partial charge in [0.05, 0.1) is 5.57 Å².